The molecule has 1 aromatic heterocycles. The topological polar surface area (TPSA) is 41.5 Å². The van der Waals surface area contributed by atoms with E-state index in [4.69, 9.17) is 23.2 Å². The number of hydrogen-bond acceptors (Lipinski definition) is 3. The monoisotopic (exact) mass is 366 g/mol. The van der Waals surface area contributed by atoms with E-state index in [-0.39, 0.29) is 10.6 Å². The first-order valence-electron chi connectivity index (χ1n) is 6.52. The van der Waals surface area contributed by atoms with Crippen LogP contribution in [0.5, 0.6) is 0 Å². The Hall–Kier alpha value is -1.95. The highest BCUT2D eigenvalue weighted by atomic mass is 35.5. The zero-order valence-electron chi connectivity index (χ0n) is 11.5. The molecule has 3 aromatic rings. The van der Waals surface area contributed by atoms with Gasteiger partial charge >= 0.3 is 0 Å². The minimum absolute atomic E-state index is 0.108. The lowest BCUT2D eigenvalue weighted by Crippen LogP contribution is -2.16. The molecule has 0 spiro atoms. The van der Waals surface area contributed by atoms with E-state index in [0.29, 0.717) is 9.90 Å². The summed E-state index contributed by atoms with van der Waals surface area (Å²) in [5, 5.41) is 5.15. The summed E-state index contributed by atoms with van der Waals surface area (Å²) in [5.74, 6) is -0.977. The van der Waals surface area contributed by atoms with Gasteiger partial charge in [-0.15, -0.1) is 11.3 Å². The molecular formula is C16H9Cl2FN2OS. The summed E-state index contributed by atoms with van der Waals surface area (Å²) in [6.45, 7) is 0. The Balaban J connectivity index is 1.81. The molecule has 23 heavy (non-hydrogen) atoms. The molecule has 0 aliphatic heterocycles. The van der Waals surface area contributed by atoms with Crippen LogP contribution in [0.1, 0.15) is 15.2 Å². The second-order valence-corrected chi connectivity index (χ2v) is 6.41. The van der Waals surface area contributed by atoms with Gasteiger partial charge in [0.2, 0.25) is 0 Å². The second-order valence-electron chi connectivity index (χ2n) is 4.58. The Labute approximate surface area is 145 Å². The van der Waals surface area contributed by atoms with Gasteiger partial charge in [-0.2, -0.15) is 5.10 Å². The Morgan fingerprint density at radius 3 is 2.70 bits per heavy atom. The summed E-state index contributed by atoms with van der Waals surface area (Å²) in [7, 11) is 0. The molecule has 0 fully saturated rings. The highest BCUT2D eigenvalue weighted by Gasteiger charge is 2.16. The largest absolute Gasteiger partial charge is 0.283 e. The Bertz CT molecular complexity index is 903. The molecule has 0 radical (unpaired) electrons. The van der Waals surface area contributed by atoms with Gasteiger partial charge < -0.3 is 0 Å². The van der Waals surface area contributed by atoms with Crippen LogP contribution in [0.3, 0.4) is 0 Å². The Morgan fingerprint density at radius 2 is 1.96 bits per heavy atom. The summed E-state index contributed by atoms with van der Waals surface area (Å²) < 4.78 is 14.5. The summed E-state index contributed by atoms with van der Waals surface area (Å²) in [6.07, 6.45) is 1.16. The zero-order valence-corrected chi connectivity index (χ0v) is 13.8. The lowest BCUT2D eigenvalue weighted by atomic mass is 10.2. The number of carbonyl (C=O) groups is 1. The predicted molar refractivity (Wildman–Crippen MR) is 93.3 cm³/mol. The number of benzene rings is 2. The lowest BCUT2D eigenvalue weighted by Gasteiger charge is -2.00. The molecule has 0 aliphatic rings. The summed E-state index contributed by atoms with van der Waals surface area (Å²) in [6, 6.07) is 11.7. The molecule has 0 saturated heterocycles. The number of nitrogens with one attached hydrogen (secondary N) is 1. The van der Waals surface area contributed by atoms with Crippen molar-refractivity contribution >= 4 is 56.7 Å². The highest BCUT2D eigenvalue weighted by molar-refractivity contribution is 7.21. The van der Waals surface area contributed by atoms with Gasteiger partial charge in [-0.1, -0.05) is 47.5 Å². The van der Waals surface area contributed by atoms with Crippen molar-refractivity contribution in [1.82, 2.24) is 5.43 Å². The van der Waals surface area contributed by atoms with Gasteiger partial charge in [0.15, 0.2) is 0 Å². The van der Waals surface area contributed by atoms with Crippen molar-refractivity contribution in [3.8, 4) is 0 Å². The highest BCUT2D eigenvalue weighted by Crippen LogP contribution is 2.34. The number of rotatable bonds is 3. The van der Waals surface area contributed by atoms with E-state index in [9.17, 15) is 9.18 Å². The van der Waals surface area contributed by atoms with Gasteiger partial charge in [0.05, 0.1) is 16.3 Å². The number of thiophene rings is 1. The van der Waals surface area contributed by atoms with E-state index in [2.05, 4.69) is 10.5 Å². The van der Waals surface area contributed by atoms with E-state index in [1.165, 1.54) is 29.5 Å². The summed E-state index contributed by atoms with van der Waals surface area (Å²) in [5.41, 5.74) is 2.44. The zero-order chi connectivity index (χ0) is 16.4. The van der Waals surface area contributed by atoms with Crippen LogP contribution in [-0.4, -0.2) is 12.1 Å². The van der Waals surface area contributed by atoms with Gasteiger partial charge in [-0.3, -0.25) is 4.79 Å². The number of amides is 1. The van der Waals surface area contributed by atoms with Crippen LogP contribution in [0.4, 0.5) is 4.39 Å². The number of nitrogens with zero attached hydrogens (tertiary/aromatic N) is 1. The van der Waals surface area contributed by atoms with E-state index in [1.807, 2.05) is 24.3 Å². The number of halogens is 3. The molecule has 2 aromatic carbocycles. The normalized spacial score (nSPS) is 11.3. The van der Waals surface area contributed by atoms with Gasteiger partial charge in [0, 0.05) is 15.6 Å². The maximum absolute atomic E-state index is 13.6. The van der Waals surface area contributed by atoms with Crippen molar-refractivity contribution in [2.45, 2.75) is 0 Å². The van der Waals surface area contributed by atoms with E-state index in [1.54, 1.807) is 0 Å². The lowest BCUT2D eigenvalue weighted by molar-refractivity contribution is 0.0959. The molecule has 0 atom stereocenters. The molecule has 116 valence electrons. The van der Waals surface area contributed by atoms with Crippen LogP contribution < -0.4 is 5.43 Å². The van der Waals surface area contributed by atoms with Crippen LogP contribution in [0.15, 0.2) is 47.6 Å². The third-order valence-corrected chi connectivity index (χ3v) is 5.10. The maximum atomic E-state index is 13.6. The molecule has 0 unspecified atom stereocenters. The van der Waals surface area contributed by atoms with Gasteiger partial charge in [0.25, 0.3) is 5.91 Å². The minimum Gasteiger partial charge on any atom is -0.266 e. The average molecular weight is 367 g/mol. The van der Waals surface area contributed by atoms with Crippen LogP contribution in [0.2, 0.25) is 10.0 Å². The first kappa shape index (κ1) is 15.9. The van der Waals surface area contributed by atoms with E-state index < -0.39 is 11.7 Å². The molecule has 3 nitrogen and oxygen atoms in total. The number of fused-ring (bicyclic) bond motifs is 1. The molecule has 1 amide bonds. The second kappa shape index (κ2) is 6.66. The summed E-state index contributed by atoms with van der Waals surface area (Å²) in [4.78, 5) is 12.5. The molecule has 0 aliphatic carbocycles. The molecule has 1 N–H and O–H groups in total. The standard InChI is InChI=1S/C16H9Cl2FN2OS/c17-11-5-3-6-12(19)10(11)8-20-21-16(22)15-14(18)9-4-1-2-7-13(9)23-15/h1-8H,(H,21,22)/b20-8+. The quantitative estimate of drug-likeness (QED) is 0.507. The fraction of sp³-hybridized carbons (Fsp3) is 0. The third kappa shape index (κ3) is 3.22. The Morgan fingerprint density at radius 1 is 1.17 bits per heavy atom. The molecular weight excluding hydrogens is 358 g/mol. The van der Waals surface area contributed by atoms with E-state index in [0.717, 1.165) is 16.3 Å². The van der Waals surface area contributed by atoms with Gasteiger partial charge in [0.1, 0.15) is 10.7 Å². The van der Waals surface area contributed by atoms with E-state index >= 15 is 0 Å². The Kier molecular flexibility index (Phi) is 4.61. The van der Waals surface area contributed by atoms with Crippen LogP contribution in [0, 0.1) is 5.82 Å². The fourth-order valence-corrected chi connectivity index (χ4v) is 3.62. The van der Waals surface area contributed by atoms with Gasteiger partial charge in [-0.05, 0) is 18.2 Å². The fourth-order valence-electron chi connectivity index (χ4n) is 2.00. The maximum Gasteiger partial charge on any atom is 0.283 e. The van der Waals surface area contributed by atoms with Crippen molar-refractivity contribution < 1.29 is 9.18 Å². The average Bonchev–Trinajstić information content (AvgIpc) is 2.88. The molecule has 0 saturated carbocycles. The number of hydrogen-bond donors (Lipinski definition) is 1. The smallest absolute Gasteiger partial charge is 0.266 e. The van der Waals surface area contributed by atoms with Gasteiger partial charge in [-0.25, -0.2) is 9.82 Å². The SMILES string of the molecule is O=C(N/N=C/c1c(F)cccc1Cl)c1sc2ccccc2c1Cl. The van der Waals surface area contributed by atoms with Crippen molar-refractivity contribution in [2.75, 3.05) is 0 Å². The molecule has 0 bridgehead atoms. The van der Waals surface area contributed by atoms with Crippen molar-refractivity contribution in [3.05, 3.63) is 68.8 Å². The molecule has 7 heteroatoms. The third-order valence-electron chi connectivity index (χ3n) is 3.10. The predicted octanol–water partition coefficient (Wildman–Crippen LogP) is 5.11. The summed E-state index contributed by atoms with van der Waals surface area (Å²) >= 11 is 13.4. The van der Waals surface area contributed by atoms with Crippen LogP contribution in [0.25, 0.3) is 10.1 Å². The molecule has 1 heterocycles. The number of carbonyl (C=O) groups excluding carboxylic acids is 1. The van der Waals surface area contributed by atoms with Crippen molar-refractivity contribution in [1.29, 1.82) is 0 Å². The van der Waals surface area contributed by atoms with Crippen LogP contribution >= 0.6 is 34.5 Å². The molecule has 3 rings (SSSR count). The van der Waals surface area contributed by atoms with Crippen molar-refractivity contribution in [2.24, 2.45) is 5.10 Å². The minimum atomic E-state index is -0.518. The number of hydrazone groups is 1. The van der Waals surface area contributed by atoms with Crippen molar-refractivity contribution in [3.63, 3.8) is 0 Å². The first-order chi connectivity index (χ1) is 11.1. The van der Waals surface area contributed by atoms with Crippen LogP contribution in [-0.2, 0) is 0 Å². The first-order valence-corrected chi connectivity index (χ1v) is 8.09.